The number of hydrogen-bond acceptors (Lipinski definition) is 1. The molecule has 0 bridgehead atoms. The van der Waals surface area contributed by atoms with Gasteiger partial charge < -0.3 is 28.4 Å². The number of nitrogens with zero attached hydrogens (tertiary/aromatic N) is 2. The van der Waals surface area contributed by atoms with Gasteiger partial charge in [0.15, 0.2) is 11.0 Å². The molecule has 3 nitrogen and oxygen atoms in total. The second-order valence-corrected chi connectivity index (χ2v) is 7.59. The molecule has 0 saturated carbocycles. The SMILES string of the molecule is CCCC[n+]1cn(C(C)c2ccc3oc4ccccc4c3c2)c2ccccc21.[I-]. The molecule has 5 aromatic rings. The standard InChI is InChI=1S/C25H25N2O.HI/c1-3-4-15-26-17-27(23-11-7-6-10-22(23)26)18(2)19-13-14-25-21(16-19)20-9-5-8-12-24(20)28-25;/h5-14,16-18H,3-4,15H2,1-2H3;1H/q+1;/p-1. The van der Waals surface area contributed by atoms with Gasteiger partial charge in [0.05, 0.1) is 6.54 Å². The number of para-hydroxylation sites is 3. The lowest BCUT2D eigenvalue weighted by atomic mass is 10.0. The number of benzene rings is 3. The minimum Gasteiger partial charge on any atom is -1.00 e. The van der Waals surface area contributed by atoms with Crippen molar-refractivity contribution in [2.45, 2.75) is 39.3 Å². The predicted octanol–water partition coefficient (Wildman–Crippen LogP) is 3.24. The molecule has 0 radical (unpaired) electrons. The van der Waals surface area contributed by atoms with Gasteiger partial charge >= 0.3 is 0 Å². The lowest BCUT2D eigenvalue weighted by Gasteiger charge is -2.09. The van der Waals surface area contributed by atoms with Crippen LogP contribution in [0.4, 0.5) is 0 Å². The Morgan fingerprint density at radius 3 is 2.55 bits per heavy atom. The van der Waals surface area contributed by atoms with Gasteiger partial charge in [-0.15, -0.1) is 0 Å². The molecule has 0 spiro atoms. The Bertz CT molecular complexity index is 1280. The maximum absolute atomic E-state index is 6.00. The number of unbranched alkanes of at least 4 members (excludes halogenated alkanes) is 1. The molecule has 0 saturated heterocycles. The summed E-state index contributed by atoms with van der Waals surface area (Å²) in [6, 6.07) is 23.8. The molecular formula is C25H25IN2O. The van der Waals surface area contributed by atoms with Gasteiger partial charge in [-0.1, -0.05) is 49.7 Å². The van der Waals surface area contributed by atoms with Crippen LogP contribution in [-0.2, 0) is 6.54 Å². The zero-order valence-corrected chi connectivity index (χ0v) is 19.0. The van der Waals surface area contributed by atoms with Crippen molar-refractivity contribution in [1.29, 1.82) is 0 Å². The smallest absolute Gasteiger partial charge is 0.245 e. The molecule has 29 heavy (non-hydrogen) atoms. The number of hydrogen-bond donors (Lipinski definition) is 0. The number of aryl methyl sites for hydroxylation is 1. The zero-order chi connectivity index (χ0) is 19.1. The Kier molecular flexibility index (Phi) is 5.63. The third kappa shape index (κ3) is 3.44. The first kappa shape index (κ1) is 20.0. The van der Waals surface area contributed by atoms with Gasteiger partial charge in [0.1, 0.15) is 17.2 Å². The van der Waals surface area contributed by atoms with E-state index >= 15 is 0 Å². The highest BCUT2D eigenvalue weighted by Gasteiger charge is 2.21. The Labute approximate surface area is 188 Å². The van der Waals surface area contributed by atoms with E-state index in [1.54, 1.807) is 0 Å². The highest BCUT2D eigenvalue weighted by atomic mass is 127. The average molecular weight is 496 g/mol. The molecule has 5 rings (SSSR count). The molecule has 0 aliphatic carbocycles. The summed E-state index contributed by atoms with van der Waals surface area (Å²) in [6.45, 7) is 5.58. The Hall–Kier alpha value is -2.34. The first-order valence-electron chi connectivity index (χ1n) is 10.2. The first-order valence-corrected chi connectivity index (χ1v) is 10.2. The summed E-state index contributed by atoms with van der Waals surface area (Å²) in [6.07, 6.45) is 4.68. The van der Waals surface area contributed by atoms with Gasteiger partial charge in [-0.3, -0.25) is 0 Å². The van der Waals surface area contributed by atoms with Gasteiger partial charge in [-0.25, -0.2) is 9.13 Å². The largest absolute Gasteiger partial charge is 1.00 e. The van der Waals surface area contributed by atoms with Crippen molar-refractivity contribution in [2.24, 2.45) is 0 Å². The van der Waals surface area contributed by atoms with Crippen LogP contribution in [0.5, 0.6) is 0 Å². The number of imidazole rings is 1. The van der Waals surface area contributed by atoms with Crippen molar-refractivity contribution < 1.29 is 33.0 Å². The van der Waals surface area contributed by atoms with Crippen LogP contribution in [0.3, 0.4) is 0 Å². The number of aromatic nitrogens is 2. The lowest BCUT2D eigenvalue weighted by molar-refractivity contribution is -0.672. The molecule has 2 aromatic heterocycles. The van der Waals surface area contributed by atoms with Crippen LogP contribution >= 0.6 is 0 Å². The third-order valence-electron chi connectivity index (χ3n) is 5.79. The average Bonchev–Trinajstić information content (AvgIpc) is 3.30. The van der Waals surface area contributed by atoms with E-state index in [9.17, 15) is 0 Å². The van der Waals surface area contributed by atoms with Gasteiger partial charge in [-0.2, -0.15) is 0 Å². The predicted molar refractivity (Wildman–Crippen MR) is 115 cm³/mol. The van der Waals surface area contributed by atoms with E-state index in [1.807, 2.05) is 12.1 Å². The van der Waals surface area contributed by atoms with Crippen molar-refractivity contribution in [2.75, 3.05) is 0 Å². The second-order valence-electron chi connectivity index (χ2n) is 7.59. The number of fused-ring (bicyclic) bond motifs is 4. The fourth-order valence-corrected chi connectivity index (χ4v) is 4.18. The van der Waals surface area contributed by atoms with E-state index in [4.69, 9.17) is 4.42 Å². The zero-order valence-electron chi connectivity index (χ0n) is 16.8. The maximum Gasteiger partial charge on any atom is 0.245 e. The fourth-order valence-electron chi connectivity index (χ4n) is 4.18. The Morgan fingerprint density at radius 1 is 0.931 bits per heavy atom. The van der Waals surface area contributed by atoms with Crippen LogP contribution in [0.2, 0.25) is 0 Å². The monoisotopic (exact) mass is 496 g/mol. The van der Waals surface area contributed by atoms with E-state index < -0.39 is 0 Å². The summed E-state index contributed by atoms with van der Waals surface area (Å²) in [5.74, 6) is 0. The highest BCUT2D eigenvalue weighted by Crippen LogP contribution is 2.32. The van der Waals surface area contributed by atoms with Crippen molar-refractivity contribution in [3.05, 3.63) is 78.6 Å². The molecule has 1 unspecified atom stereocenters. The van der Waals surface area contributed by atoms with Crippen LogP contribution in [0, 0.1) is 0 Å². The van der Waals surface area contributed by atoms with Crippen molar-refractivity contribution in [3.8, 4) is 0 Å². The molecule has 0 aliphatic heterocycles. The topological polar surface area (TPSA) is 21.9 Å². The molecule has 0 aliphatic rings. The van der Waals surface area contributed by atoms with Crippen molar-refractivity contribution in [1.82, 2.24) is 4.57 Å². The van der Waals surface area contributed by atoms with Crippen LogP contribution in [0.1, 0.15) is 38.3 Å². The summed E-state index contributed by atoms with van der Waals surface area (Å²) >= 11 is 0. The van der Waals surface area contributed by atoms with Crippen LogP contribution in [0.25, 0.3) is 33.0 Å². The molecular weight excluding hydrogens is 471 g/mol. The first-order chi connectivity index (χ1) is 13.8. The minimum atomic E-state index is 0. The van der Waals surface area contributed by atoms with Gasteiger partial charge in [0.25, 0.3) is 0 Å². The van der Waals surface area contributed by atoms with Crippen LogP contribution in [0.15, 0.2) is 77.5 Å². The number of halogens is 1. The highest BCUT2D eigenvalue weighted by molar-refractivity contribution is 6.05. The molecule has 0 fully saturated rings. The van der Waals surface area contributed by atoms with E-state index in [0.717, 1.165) is 17.7 Å². The Morgan fingerprint density at radius 2 is 1.69 bits per heavy atom. The molecule has 1 atom stereocenters. The summed E-state index contributed by atoms with van der Waals surface area (Å²) in [4.78, 5) is 0. The van der Waals surface area contributed by atoms with Gasteiger partial charge in [0, 0.05) is 10.8 Å². The normalized spacial score (nSPS) is 12.5. The quantitative estimate of drug-likeness (QED) is 0.271. The van der Waals surface area contributed by atoms with E-state index in [2.05, 4.69) is 83.9 Å². The second kappa shape index (κ2) is 8.19. The summed E-state index contributed by atoms with van der Waals surface area (Å²) < 4.78 is 10.8. The maximum atomic E-state index is 6.00. The number of furan rings is 1. The summed E-state index contributed by atoms with van der Waals surface area (Å²) in [7, 11) is 0. The molecule has 0 amide bonds. The summed E-state index contributed by atoms with van der Waals surface area (Å²) in [5.41, 5.74) is 5.78. The number of rotatable bonds is 5. The van der Waals surface area contributed by atoms with E-state index in [-0.39, 0.29) is 30.0 Å². The van der Waals surface area contributed by atoms with E-state index in [1.165, 1.54) is 40.2 Å². The van der Waals surface area contributed by atoms with Gasteiger partial charge in [-0.05, 0) is 49.2 Å². The van der Waals surface area contributed by atoms with Crippen LogP contribution < -0.4 is 28.5 Å². The summed E-state index contributed by atoms with van der Waals surface area (Å²) in [5, 5.41) is 2.37. The molecule has 148 valence electrons. The van der Waals surface area contributed by atoms with Crippen molar-refractivity contribution >= 4 is 33.0 Å². The fraction of sp³-hybridized carbons (Fsp3) is 0.240. The third-order valence-corrected chi connectivity index (χ3v) is 5.79. The molecule has 3 aromatic carbocycles. The van der Waals surface area contributed by atoms with E-state index in [0.29, 0.717) is 0 Å². The molecule has 2 heterocycles. The van der Waals surface area contributed by atoms with Crippen molar-refractivity contribution in [3.63, 3.8) is 0 Å². The van der Waals surface area contributed by atoms with Gasteiger partial charge in [0.2, 0.25) is 6.33 Å². The lowest BCUT2D eigenvalue weighted by Crippen LogP contribution is -3.00. The molecule has 0 N–H and O–H groups in total. The Balaban J connectivity index is 0.00000205. The van der Waals surface area contributed by atoms with Crippen LogP contribution in [-0.4, -0.2) is 4.57 Å². The minimum absolute atomic E-state index is 0. The molecule has 4 heteroatoms.